The fourth-order valence-electron chi connectivity index (χ4n) is 2.06. The number of piperazine rings is 1. The van der Waals surface area contributed by atoms with Crippen LogP contribution in [0.1, 0.15) is 27.2 Å². The zero-order valence-electron chi connectivity index (χ0n) is 10.8. The van der Waals surface area contributed by atoms with Crippen molar-refractivity contribution in [3.8, 4) is 0 Å². The molecule has 0 aromatic carbocycles. The third-order valence-corrected chi connectivity index (χ3v) is 2.82. The van der Waals surface area contributed by atoms with Crippen molar-refractivity contribution < 1.29 is 4.79 Å². The van der Waals surface area contributed by atoms with Crippen LogP contribution in [0.25, 0.3) is 0 Å². The molecule has 16 heavy (non-hydrogen) atoms. The van der Waals surface area contributed by atoms with Crippen LogP contribution < -0.4 is 5.32 Å². The quantitative estimate of drug-likeness (QED) is 0.744. The van der Waals surface area contributed by atoms with Crippen LogP contribution in [0.4, 0.5) is 0 Å². The second-order valence-electron chi connectivity index (χ2n) is 4.84. The van der Waals surface area contributed by atoms with Gasteiger partial charge < -0.3 is 10.2 Å². The Kier molecular flexibility index (Phi) is 5.77. The standard InChI is InChI=1S/C12H25N3O/c1-4-5-14-6-8-15(9-7-14)10-12(16)13-11(2)3/h11H,4-10H2,1-3H3,(H,13,16). The lowest BCUT2D eigenvalue weighted by Gasteiger charge is -2.34. The molecule has 0 bridgehead atoms. The molecule has 0 saturated carbocycles. The fraction of sp³-hybridized carbons (Fsp3) is 0.917. The van der Waals surface area contributed by atoms with Crippen molar-refractivity contribution >= 4 is 5.91 Å². The van der Waals surface area contributed by atoms with Gasteiger partial charge >= 0.3 is 0 Å². The molecule has 94 valence electrons. The lowest BCUT2D eigenvalue weighted by Crippen LogP contribution is -2.50. The van der Waals surface area contributed by atoms with Crippen molar-refractivity contribution in [2.45, 2.75) is 33.2 Å². The number of amides is 1. The molecule has 0 radical (unpaired) electrons. The average molecular weight is 227 g/mol. The molecule has 4 heteroatoms. The molecule has 1 saturated heterocycles. The van der Waals surface area contributed by atoms with E-state index in [-0.39, 0.29) is 11.9 Å². The first-order valence-electron chi connectivity index (χ1n) is 6.36. The van der Waals surface area contributed by atoms with Gasteiger partial charge in [-0.25, -0.2) is 0 Å². The summed E-state index contributed by atoms with van der Waals surface area (Å²) < 4.78 is 0. The predicted octanol–water partition coefficient (Wildman–Crippen LogP) is 0.539. The number of nitrogens with one attached hydrogen (secondary N) is 1. The summed E-state index contributed by atoms with van der Waals surface area (Å²) >= 11 is 0. The number of carbonyl (C=O) groups is 1. The molecular formula is C12H25N3O. The second-order valence-corrected chi connectivity index (χ2v) is 4.84. The Morgan fingerprint density at radius 3 is 2.25 bits per heavy atom. The molecule has 1 N–H and O–H groups in total. The summed E-state index contributed by atoms with van der Waals surface area (Å²) in [7, 11) is 0. The first kappa shape index (κ1) is 13.5. The first-order valence-corrected chi connectivity index (χ1v) is 6.36. The molecule has 1 heterocycles. The molecule has 1 amide bonds. The Labute approximate surface area is 99.0 Å². The molecule has 1 fully saturated rings. The topological polar surface area (TPSA) is 35.6 Å². The van der Waals surface area contributed by atoms with Gasteiger partial charge in [0.05, 0.1) is 6.54 Å². The van der Waals surface area contributed by atoms with Crippen LogP contribution >= 0.6 is 0 Å². The maximum absolute atomic E-state index is 11.6. The van der Waals surface area contributed by atoms with Crippen LogP contribution in [0.5, 0.6) is 0 Å². The van der Waals surface area contributed by atoms with Gasteiger partial charge in [-0.15, -0.1) is 0 Å². The highest BCUT2D eigenvalue weighted by Crippen LogP contribution is 2.01. The van der Waals surface area contributed by atoms with Gasteiger partial charge in [-0.2, -0.15) is 0 Å². The Hall–Kier alpha value is -0.610. The van der Waals surface area contributed by atoms with Crippen molar-refractivity contribution in [3.63, 3.8) is 0 Å². The number of carbonyl (C=O) groups excluding carboxylic acids is 1. The van der Waals surface area contributed by atoms with Crippen LogP contribution in [-0.2, 0) is 4.79 Å². The van der Waals surface area contributed by atoms with E-state index >= 15 is 0 Å². The smallest absolute Gasteiger partial charge is 0.234 e. The predicted molar refractivity (Wildman–Crippen MR) is 66.4 cm³/mol. The van der Waals surface area contributed by atoms with E-state index in [9.17, 15) is 4.79 Å². The molecular weight excluding hydrogens is 202 g/mol. The molecule has 1 rings (SSSR count). The minimum atomic E-state index is 0.152. The van der Waals surface area contributed by atoms with Gasteiger partial charge in [0.1, 0.15) is 0 Å². The second kappa shape index (κ2) is 6.86. The van der Waals surface area contributed by atoms with Gasteiger partial charge in [0.25, 0.3) is 0 Å². The number of hydrogen-bond donors (Lipinski definition) is 1. The summed E-state index contributed by atoms with van der Waals surface area (Å²) in [5.41, 5.74) is 0. The number of hydrogen-bond acceptors (Lipinski definition) is 3. The molecule has 0 unspecified atom stereocenters. The summed E-state index contributed by atoms with van der Waals surface area (Å²) in [6.07, 6.45) is 1.22. The summed E-state index contributed by atoms with van der Waals surface area (Å²) in [5.74, 6) is 0.152. The Bertz CT molecular complexity index is 210. The SMILES string of the molecule is CCCN1CCN(CC(=O)NC(C)C)CC1. The highest BCUT2D eigenvalue weighted by Gasteiger charge is 2.18. The maximum atomic E-state index is 11.6. The largest absolute Gasteiger partial charge is 0.353 e. The number of rotatable bonds is 5. The molecule has 0 aliphatic carbocycles. The zero-order chi connectivity index (χ0) is 12.0. The Morgan fingerprint density at radius 1 is 1.19 bits per heavy atom. The van der Waals surface area contributed by atoms with Crippen molar-refractivity contribution in [1.82, 2.24) is 15.1 Å². The molecule has 0 spiro atoms. The highest BCUT2D eigenvalue weighted by molar-refractivity contribution is 5.78. The Balaban J connectivity index is 2.19. The average Bonchev–Trinajstić information content (AvgIpc) is 2.20. The van der Waals surface area contributed by atoms with Gasteiger partial charge in [0.2, 0.25) is 5.91 Å². The normalized spacial score (nSPS) is 19.0. The van der Waals surface area contributed by atoms with Crippen LogP contribution in [0.15, 0.2) is 0 Å². The van der Waals surface area contributed by atoms with E-state index in [4.69, 9.17) is 0 Å². The third-order valence-electron chi connectivity index (χ3n) is 2.82. The van der Waals surface area contributed by atoms with E-state index < -0.39 is 0 Å². The summed E-state index contributed by atoms with van der Waals surface area (Å²) in [4.78, 5) is 16.3. The molecule has 0 aromatic rings. The molecule has 1 aliphatic heterocycles. The monoisotopic (exact) mass is 227 g/mol. The summed E-state index contributed by atoms with van der Waals surface area (Å²) in [6, 6.07) is 0.244. The van der Waals surface area contributed by atoms with E-state index in [1.807, 2.05) is 13.8 Å². The Morgan fingerprint density at radius 2 is 1.75 bits per heavy atom. The molecule has 1 aliphatic rings. The van der Waals surface area contributed by atoms with Crippen molar-refractivity contribution in [1.29, 1.82) is 0 Å². The fourth-order valence-corrected chi connectivity index (χ4v) is 2.06. The van der Waals surface area contributed by atoms with Crippen molar-refractivity contribution in [2.24, 2.45) is 0 Å². The van der Waals surface area contributed by atoms with Crippen LogP contribution in [-0.4, -0.2) is 61.0 Å². The minimum Gasteiger partial charge on any atom is -0.353 e. The van der Waals surface area contributed by atoms with Gasteiger partial charge in [-0.1, -0.05) is 6.92 Å². The molecule has 0 atom stereocenters. The maximum Gasteiger partial charge on any atom is 0.234 e. The van der Waals surface area contributed by atoms with E-state index in [1.54, 1.807) is 0 Å². The minimum absolute atomic E-state index is 0.152. The lowest BCUT2D eigenvalue weighted by molar-refractivity contribution is -0.123. The van der Waals surface area contributed by atoms with E-state index in [1.165, 1.54) is 13.0 Å². The van der Waals surface area contributed by atoms with E-state index in [0.29, 0.717) is 6.54 Å². The van der Waals surface area contributed by atoms with Gasteiger partial charge in [-0.3, -0.25) is 9.69 Å². The van der Waals surface area contributed by atoms with E-state index in [2.05, 4.69) is 22.0 Å². The summed E-state index contributed by atoms with van der Waals surface area (Å²) in [5, 5.41) is 2.93. The van der Waals surface area contributed by atoms with Gasteiger partial charge in [0, 0.05) is 32.2 Å². The van der Waals surface area contributed by atoms with Gasteiger partial charge in [-0.05, 0) is 26.8 Å². The highest BCUT2D eigenvalue weighted by atomic mass is 16.2. The summed E-state index contributed by atoms with van der Waals surface area (Å²) in [6.45, 7) is 12.2. The number of nitrogens with zero attached hydrogens (tertiary/aromatic N) is 2. The molecule has 0 aromatic heterocycles. The molecule has 4 nitrogen and oxygen atoms in total. The van der Waals surface area contributed by atoms with Crippen molar-refractivity contribution in [3.05, 3.63) is 0 Å². The zero-order valence-corrected chi connectivity index (χ0v) is 10.8. The van der Waals surface area contributed by atoms with Crippen LogP contribution in [0.3, 0.4) is 0 Å². The third kappa shape index (κ3) is 4.94. The van der Waals surface area contributed by atoms with Crippen molar-refractivity contribution in [2.75, 3.05) is 39.3 Å². The van der Waals surface area contributed by atoms with Crippen LogP contribution in [0, 0.1) is 0 Å². The first-order chi connectivity index (χ1) is 7.61. The van der Waals surface area contributed by atoms with Gasteiger partial charge in [0.15, 0.2) is 0 Å². The van der Waals surface area contributed by atoms with E-state index in [0.717, 1.165) is 26.2 Å². The van der Waals surface area contributed by atoms with Crippen LogP contribution in [0.2, 0.25) is 0 Å². The lowest BCUT2D eigenvalue weighted by atomic mass is 10.3.